The van der Waals surface area contributed by atoms with Gasteiger partial charge in [-0.2, -0.15) is 30.2 Å². The number of benzene rings is 1. The fourth-order valence-corrected chi connectivity index (χ4v) is 4.97. The summed E-state index contributed by atoms with van der Waals surface area (Å²) in [6, 6.07) is 4.79. The molecule has 1 aromatic heterocycles. The number of ether oxygens (including phenoxy) is 1. The van der Waals surface area contributed by atoms with E-state index in [1.807, 2.05) is 0 Å². The largest absolute Gasteiger partial charge is 0.416 e. The second-order valence-electron chi connectivity index (χ2n) is 6.68. The number of halogens is 3. The average molecular weight is 444 g/mol. The van der Waals surface area contributed by atoms with E-state index in [-0.39, 0.29) is 31.0 Å². The third-order valence-corrected chi connectivity index (χ3v) is 7.04. The number of alkyl halides is 3. The molecule has 0 N–H and O–H groups in total. The maximum absolute atomic E-state index is 13.1. The summed E-state index contributed by atoms with van der Waals surface area (Å²) in [6.07, 6.45) is -2.45. The highest BCUT2D eigenvalue weighted by Gasteiger charge is 2.35. The molecule has 0 radical (unpaired) electrons. The van der Waals surface area contributed by atoms with Gasteiger partial charge < -0.3 is 4.74 Å². The van der Waals surface area contributed by atoms with Crippen LogP contribution in [0.3, 0.4) is 0 Å². The van der Waals surface area contributed by atoms with Crippen LogP contribution in [-0.2, 0) is 21.1 Å². The molecule has 30 heavy (non-hydrogen) atoms. The summed E-state index contributed by atoms with van der Waals surface area (Å²) in [4.78, 5) is 8.48. The van der Waals surface area contributed by atoms with E-state index in [9.17, 15) is 21.6 Å². The Hall–Kier alpha value is -2.08. The van der Waals surface area contributed by atoms with Crippen LogP contribution in [0.1, 0.15) is 31.2 Å². The van der Waals surface area contributed by atoms with Gasteiger partial charge in [0.1, 0.15) is 6.10 Å². The molecule has 0 unspecified atom stereocenters. The number of hydrogen-bond acceptors (Lipinski definition) is 5. The molecular formula is C19H23F3N4O3S. The van der Waals surface area contributed by atoms with Gasteiger partial charge in [0.05, 0.1) is 23.6 Å². The molecule has 1 aliphatic heterocycles. The predicted octanol–water partition coefficient (Wildman–Crippen LogP) is 3.12. The average Bonchev–Trinajstić information content (AvgIpc) is 2.74. The first-order chi connectivity index (χ1) is 14.2. The van der Waals surface area contributed by atoms with E-state index in [0.717, 1.165) is 12.1 Å². The predicted molar refractivity (Wildman–Crippen MR) is 105 cm³/mol. The topological polar surface area (TPSA) is 75.6 Å². The Labute approximate surface area is 173 Å². The van der Waals surface area contributed by atoms with Crippen LogP contribution in [0.15, 0.2) is 36.7 Å². The highest BCUT2D eigenvalue weighted by atomic mass is 32.2. The van der Waals surface area contributed by atoms with Gasteiger partial charge in [-0.25, -0.2) is 0 Å². The van der Waals surface area contributed by atoms with E-state index in [0.29, 0.717) is 18.8 Å². The lowest BCUT2D eigenvalue weighted by molar-refractivity contribution is -0.137. The maximum atomic E-state index is 13.1. The second-order valence-corrected chi connectivity index (χ2v) is 8.61. The van der Waals surface area contributed by atoms with Gasteiger partial charge in [0.25, 0.3) is 10.2 Å². The normalized spacial score (nSPS) is 18.7. The fraction of sp³-hybridized carbons (Fsp3) is 0.474. The summed E-state index contributed by atoms with van der Waals surface area (Å²) in [6.45, 7) is 4.52. The molecule has 0 bridgehead atoms. The van der Waals surface area contributed by atoms with Crippen molar-refractivity contribution in [3.05, 3.63) is 47.9 Å². The van der Waals surface area contributed by atoms with Crippen LogP contribution < -0.4 is 0 Å². The molecule has 1 atom stereocenters. The summed E-state index contributed by atoms with van der Waals surface area (Å²) in [5, 5.41) is 0. The summed E-state index contributed by atoms with van der Waals surface area (Å²) in [7, 11) is -3.68. The quantitative estimate of drug-likeness (QED) is 0.684. The van der Waals surface area contributed by atoms with Crippen molar-refractivity contribution in [3.63, 3.8) is 0 Å². The van der Waals surface area contributed by atoms with E-state index >= 15 is 0 Å². The zero-order valence-electron chi connectivity index (χ0n) is 16.6. The fourth-order valence-electron chi connectivity index (χ4n) is 3.36. The van der Waals surface area contributed by atoms with Crippen LogP contribution >= 0.6 is 0 Å². The van der Waals surface area contributed by atoms with Gasteiger partial charge in [-0.3, -0.25) is 9.97 Å². The first kappa shape index (κ1) is 22.6. The minimum absolute atomic E-state index is 0.00346. The zero-order valence-corrected chi connectivity index (χ0v) is 17.4. The van der Waals surface area contributed by atoms with Crippen molar-refractivity contribution >= 4 is 10.2 Å². The summed E-state index contributed by atoms with van der Waals surface area (Å²) < 4.78 is 73.5. The Balaban J connectivity index is 1.95. The summed E-state index contributed by atoms with van der Waals surface area (Å²) >= 11 is 0. The van der Waals surface area contributed by atoms with Gasteiger partial charge >= 0.3 is 6.18 Å². The van der Waals surface area contributed by atoms with Crippen LogP contribution in [0.25, 0.3) is 11.3 Å². The number of hydrogen-bond donors (Lipinski definition) is 0. The minimum Gasteiger partial charge on any atom is -0.369 e. The van der Waals surface area contributed by atoms with Gasteiger partial charge in [0, 0.05) is 44.1 Å². The molecular weight excluding hydrogens is 421 g/mol. The van der Waals surface area contributed by atoms with Crippen LogP contribution in [0.5, 0.6) is 0 Å². The van der Waals surface area contributed by atoms with E-state index in [1.54, 1.807) is 13.8 Å². The molecule has 0 saturated carbocycles. The molecule has 7 nitrogen and oxygen atoms in total. The molecule has 2 heterocycles. The van der Waals surface area contributed by atoms with Crippen molar-refractivity contribution in [2.75, 3.05) is 32.8 Å². The summed E-state index contributed by atoms with van der Waals surface area (Å²) in [5.41, 5.74) is -0.0286. The van der Waals surface area contributed by atoms with Gasteiger partial charge in [0.15, 0.2) is 0 Å². The molecule has 3 rings (SSSR count). The molecule has 0 amide bonds. The molecule has 0 spiro atoms. The highest BCUT2D eigenvalue weighted by Crippen LogP contribution is 2.34. The smallest absolute Gasteiger partial charge is 0.369 e. The Morgan fingerprint density at radius 3 is 2.57 bits per heavy atom. The van der Waals surface area contributed by atoms with Crippen LogP contribution in [-0.4, -0.2) is 59.8 Å². The molecule has 1 fully saturated rings. The molecule has 2 aromatic rings. The van der Waals surface area contributed by atoms with Crippen molar-refractivity contribution < 1.29 is 26.3 Å². The second kappa shape index (κ2) is 8.96. The zero-order chi connectivity index (χ0) is 21.9. The van der Waals surface area contributed by atoms with Crippen molar-refractivity contribution in [2.24, 2.45) is 0 Å². The lowest BCUT2D eigenvalue weighted by Crippen LogP contribution is -2.49. The van der Waals surface area contributed by atoms with Crippen molar-refractivity contribution in [1.82, 2.24) is 18.6 Å². The number of aromatic nitrogens is 2. The SMILES string of the molecule is CCN(CC)S(=O)(=O)N1CCO[C@H](c2nccnc2-c2cccc(C(F)(F)F)c2)C1. The van der Waals surface area contributed by atoms with Gasteiger partial charge in [0.2, 0.25) is 0 Å². The third-order valence-electron chi connectivity index (χ3n) is 4.88. The van der Waals surface area contributed by atoms with Crippen LogP contribution in [0.2, 0.25) is 0 Å². The number of morpholine rings is 1. The van der Waals surface area contributed by atoms with Gasteiger partial charge in [-0.05, 0) is 12.1 Å². The first-order valence-electron chi connectivity index (χ1n) is 9.53. The molecule has 11 heteroatoms. The maximum Gasteiger partial charge on any atom is 0.416 e. The molecule has 1 saturated heterocycles. The van der Waals surface area contributed by atoms with E-state index < -0.39 is 28.1 Å². The number of rotatable bonds is 6. The van der Waals surface area contributed by atoms with Gasteiger partial charge in [-0.1, -0.05) is 26.0 Å². The van der Waals surface area contributed by atoms with Crippen molar-refractivity contribution in [3.8, 4) is 11.3 Å². The molecule has 1 aromatic carbocycles. The lowest BCUT2D eigenvalue weighted by Gasteiger charge is -2.35. The first-order valence-corrected chi connectivity index (χ1v) is 10.9. The Morgan fingerprint density at radius 1 is 1.20 bits per heavy atom. The standard InChI is InChI=1S/C19H23F3N4O3S/c1-3-25(4-2)30(27,28)26-10-11-29-16(13-26)18-17(23-8-9-24-18)14-6-5-7-15(12-14)19(20,21)22/h5-9,12,16H,3-4,10-11,13H2,1-2H3/t16-/m0/s1. The molecule has 1 aliphatic rings. The Bertz CT molecular complexity index is 981. The van der Waals surface area contributed by atoms with E-state index in [1.165, 1.54) is 33.1 Å². The van der Waals surface area contributed by atoms with E-state index in [2.05, 4.69) is 9.97 Å². The minimum atomic E-state index is -4.49. The third kappa shape index (κ3) is 4.64. The molecule has 164 valence electrons. The van der Waals surface area contributed by atoms with Crippen LogP contribution in [0, 0.1) is 0 Å². The van der Waals surface area contributed by atoms with Gasteiger partial charge in [-0.15, -0.1) is 0 Å². The lowest BCUT2D eigenvalue weighted by atomic mass is 10.0. The number of nitrogens with zero attached hydrogens (tertiary/aromatic N) is 4. The Kier molecular flexibility index (Phi) is 6.75. The van der Waals surface area contributed by atoms with Crippen LogP contribution in [0.4, 0.5) is 13.2 Å². The Morgan fingerprint density at radius 2 is 1.90 bits per heavy atom. The van der Waals surface area contributed by atoms with Crippen molar-refractivity contribution in [2.45, 2.75) is 26.1 Å². The highest BCUT2D eigenvalue weighted by molar-refractivity contribution is 7.86. The monoisotopic (exact) mass is 444 g/mol. The summed E-state index contributed by atoms with van der Waals surface area (Å²) in [5.74, 6) is 0. The van der Waals surface area contributed by atoms with Crippen molar-refractivity contribution in [1.29, 1.82) is 0 Å². The van der Waals surface area contributed by atoms with E-state index in [4.69, 9.17) is 4.74 Å². The molecule has 0 aliphatic carbocycles.